The maximum absolute atomic E-state index is 10.8. The van der Waals surface area contributed by atoms with Crippen LogP contribution in [0.5, 0.6) is 0 Å². The summed E-state index contributed by atoms with van der Waals surface area (Å²) < 4.78 is 21.6. The molecule has 0 amide bonds. The third-order valence-corrected chi connectivity index (χ3v) is 4.15. The van der Waals surface area contributed by atoms with Crippen molar-refractivity contribution in [1.82, 2.24) is 0 Å². The van der Waals surface area contributed by atoms with E-state index in [2.05, 4.69) is 0 Å². The standard InChI is InChI=1S/C7H14O3S/c1-6(2,3)7(8)4-11(9,10)5-7/h8H,4-5H2,1-3H3. The van der Waals surface area contributed by atoms with E-state index in [0.717, 1.165) is 0 Å². The lowest BCUT2D eigenvalue weighted by atomic mass is 9.78. The van der Waals surface area contributed by atoms with Crippen molar-refractivity contribution in [2.45, 2.75) is 26.4 Å². The summed E-state index contributed by atoms with van der Waals surface area (Å²) in [5.74, 6) is -0.160. The Balaban J connectivity index is 2.79. The first kappa shape index (κ1) is 9.00. The highest BCUT2D eigenvalue weighted by Crippen LogP contribution is 2.39. The molecule has 0 saturated carbocycles. The van der Waals surface area contributed by atoms with Crippen molar-refractivity contribution < 1.29 is 13.5 Å². The summed E-state index contributed by atoms with van der Waals surface area (Å²) >= 11 is 0. The molecule has 0 aromatic rings. The molecule has 4 heteroatoms. The van der Waals surface area contributed by atoms with E-state index in [0.29, 0.717) is 0 Å². The predicted octanol–water partition coefficient (Wildman–Crippen LogP) is 0.192. The van der Waals surface area contributed by atoms with Crippen LogP contribution in [-0.2, 0) is 9.84 Å². The maximum Gasteiger partial charge on any atom is 0.156 e. The first-order chi connectivity index (χ1) is 4.66. The van der Waals surface area contributed by atoms with Gasteiger partial charge in [-0.25, -0.2) is 8.42 Å². The van der Waals surface area contributed by atoms with Crippen LogP contribution in [0.25, 0.3) is 0 Å². The van der Waals surface area contributed by atoms with Crippen molar-refractivity contribution >= 4 is 9.84 Å². The van der Waals surface area contributed by atoms with Crippen LogP contribution in [0.1, 0.15) is 20.8 Å². The molecule has 0 bridgehead atoms. The topological polar surface area (TPSA) is 54.4 Å². The quantitative estimate of drug-likeness (QED) is 0.576. The molecule has 0 aliphatic carbocycles. The lowest BCUT2D eigenvalue weighted by molar-refractivity contribution is -0.0304. The van der Waals surface area contributed by atoms with Crippen molar-refractivity contribution in [3.63, 3.8) is 0 Å². The van der Waals surface area contributed by atoms with E-state index in [1.165, 1.54) is 0 Å². The minimum atomic E-state index is -2.92. The number of sulfone groups is 1. The molecule has 1 aliphatic heterocycles. The van der Waals surface area contributed by atoms with Gasteiger partial charge >= 0.3 is 0 Å². The molecule has 0 atom stereocenters. The van der Waals surface area contributed by atoms with Crippen molar-refractivity contribution in [3.05, 3.63) is 0 Å². The molecule has 1 saturated heterocycles. The van der Waals surface area contributed by atoms with Gasteiger partial charge in [0.25, 0.3) is 0 Å². The van der Waals surface area contributed by atoms with E-state index >= 15 is 0 Å². The second-order valence-electron chi connectivity index (χ2n) is 4.31. The van der Waals surface area contributed by atoms with Gasteiger partial charge in [0, 0.05) is 0 Å². The second kappa shape index (κ2) is 1.98. The van der Waals surface area contributed by atoms with Crippen LogP contribution in [0.15, 0.2) is 0 Å². The van der Waals surface area contributed by atoms with Crippen LogP contribution in [0.4, 0.5) is 0 Å². The Morgan fingerprint density at radius 1 is 1.27 bits per heavy atom. The fourth-order valence-electron chi connectivity index (χ4n) is 1.12. The summed E-state index contributed by atoms with van der Waals surface area (Å²) in [4.78, 5) is 0. The monoisotopic (exact) mass is 178 g/mol. The molecule has 1 rings (SSSR count). The van der Waals surface area contributed by atoms with Gasteiger partial charge in [-0.3, -0.25) is 0 Å². The predicted molar refractivity (Wildman–Crippen MR) is 43.1 cm³/mol. The highest BCUT2D eigenvalue weighted by molar-refractivity contribution is 7.93. The molecular weight excluding hydrogens is 164 g/mol. The zero-order chi connectivity index (χ0) is 8.91. The van der Waals surface area contributed by atoms with Crippen molar-refractivity contribution in [2.75, 3.05) is 11.5 Å². The number of hydrogen-bond donors (Lipinski definition) is 1. The minimum Gasteiger partial charge on any atom is -0.387 e. The molecule has 0 spiro atoms. The largest absolute Gasteiger partial charge is 0.387 e. The van der Waals surface area contributed by atoms with Gasteiger partial charge in [0.1, 0.15) is 0 Å². The van der Waals surface area contributed by atoms with E-state index < -0.39 is 15.4 Å². The smallest absolute Gasteiger partial charge is 0.156 e. The van der Waals surface area contributed by atoms with Crippen LogP contribution < -0.4 is 0 Å². The second-order valence-corrected chi connectivity index (χ2v) is 6.38. The Morgan fingerprint density at radius 3 is 1.73 bits per heavy atom. The molecule has 1 aliphatic rings. The molecule has 1 heterocycles. The molecule has 0 radical (unpaired) electrons. The van der Waals surface area contributed by atoms with Crippen molar-refractivity contribution in [2.24, 2.45) is 5.41 Å². The normalized spacial score (nSPS) is 27.6. The third kappa shape index (κ3) is 1.42. The highest BCUT2D eigenvalue weighted by atomic mass is 32.2. The summed E-state index contributed by atoms with van der Waals surface area (Å²) in [5, 5.41) is 9.70. The van der Waals surface area contributed by atoms with E-state index in [-0.39, 0.29) is 16.9 Å². The van der Waals surface area contributed by atoms with Crippen LogP contribution in [0, 0.1) is 5.41 Å². The Kier molecular flexibility index (Phi) is 1.62. The lowest BCUT2D eigenvalue weighted by Gasteiger charge is -2.46. The van der Waals surface area contributed by atoms with Gasteiger partial charge in [0.15, 0.2) is 9.84 Å². The van der Waals surface area contributed by atoms with Gasteiger partial charge < -0.3 is 5.11 Å². The van der Waals surface area contributed by atoms with E-state index in [1.54, 1.807) is 0 Å². The first-order valence-corrected chi connectivity index (χ1v) is 5.41. The van der Waals surface area contributed by atoms with E-state index in [1.807, 2.05) is 20.8 Å². The van der Waals surface area contributed by atoms with Gasteiger partial charge in [0.05, 0.1) is 17.1 Å². The Morgan fingerprint density at radius 2 is 1.64 bits per heavy atom. The average Bonchev–Trinajstić information content (AvgIpc) is 1.55. The average molecular weight is 178 g/mol. The van der Waals surface area contributed by atoms with Crippen LogP contribution >= 0.6 is 0 Å². The number of hydrogen-bond acceptors (Lipinski definition) is 3. The minimum absolute atomic E-state index is 0.0799. The number of aliphatic hydroxyl groups is 1. The maximum atomic E-state index is 10.8. The van der Waals surface area contributed by atoms with Gasteiger partial charge in [0.2, 0.25) is 0 Å². The summed E-state index contributed by atoms with van der Waals surface area (Å²) in [5.41, 5.74) is -1.33. The number of rotatable bonds is 0. The fraction of sp³-hybridized carbons (Fsp3) is 1.00. The molecule has 3 nitrogen and oxygen atoms in total. The Hall–Kier alpha value is -0.0900. The molecule has 0 unspecified atom stereocenters. The SMILES string of the molecule is CC(C)(C)C1(O)CS(=O)(=O)C1. The van der Waals surface area contributed by atoms with Crippen molar-refractivity contribution in [3.8, 4) is 0 Å². The summed E-state index contributed by atoms with van der Waals surface area (Å²) in [6.45, 7) is 5.55. The van der Waals surface area contributed by atoms with Crippen molar-refractivity contribution in [1.29, 1.82) is 0 Å². The zero-order valence-corrected chi connectivity index (χ0v) is 7.90. The fourth-order valence-corrected chi connectivity index (χ4v) is 3.36. The first-order valence-electron chi connectivity index (χ1n) is 3.59. The zero-order valence-electron chi connectivity index (χ0n) is 7.09. The van der Waals surface area contributed by atoms with Crippen LogP contribution in [-0.4, -0.2) is 30.6 Å². The van der Waals surface area contributed by atoms with Crippen LogP contribution in [0.3, 0.4) is 0 Å². The summed E-state index contributed by atoms with van der Waals surface area (Å²) in [6.07, 6.45) is 0. The molecule has 66 valence electrons. The van der Waals surface area contributed by atoms with Crippen LogP contribution in [0.2, 0.25) is 0 Å². The molecule has 1 N–H and O–H groups in total. The third-order valence-electron chi connectivity index (χ3n) is 2.31. The Labute approximate surface area is 67.3 Å². The molecule has 0 aromatic carbocycles. The molecule has 1 fully saturated rings. The van der Waals surface area contributed by atoms with E-state index in [9.17, 15) is 13.5 Å². The van der Waals surface area contributed by atoms with Gasteiger partial charge in [-0.05, 0) is 5.41 Å². The highest BCUT2D eigenvalue weighted by Gasteiger charge is 2.54. The molecular formula is C7H14O3S. The van der Waals surface area contributed by atoms with E-state index in [4.69, 9.17) is 0 Å². The van der Waals surface area contributed by atoms with Gasteiger partial charge in [-0.15, -0.1) is 0 Å². The Bertz CT molecular complexity index is 246. The molecule has 0 aromatic heterocycles. The lowest BCUT2D eigenvalue weighted by Crippen LogP contribution is -2.62. The summed E-state index contributed by atoms with van der Waals surface area (Å²) in [6, 6.07) is 0. The molecule has 11 heavy (non-hydrogen) atoms. The van der Waals surface area contributed by atoms with Gasteiger partial charge in [-0.2, -0.15) is 0 Å². The summed E-state index contributed by atoms with van der Waals surface area (Å²) in [7, 11) is -2.92. The van der Waals surface area contributed by atoms with Gasteiger partial charge in [-0.1, -0.05) is 20.8 Å².